The summed E-state index contributed by atoms with van der Waals surface area (Å²) in [5.74, 6) is 0.904. The molecule has 0 bridgehead atoms. The Hall–Kier alpha value is -1.44. The second-order valence-electron chi connectivity index (χ2n) is 4.09. The summed E-state index contributed by atoms with van der Waals surface area (Å²) < 4.78 is 13.9. The third kappa shape index (κ3) is 3.31. The van der Waals surface area contributed by atoms with Crippen molar-refractivity contribution in [2.24, 2.45) is 0 Å². The van der Waals surface area contributed by atoms with Crippen molar-refractivity contribution in [3.05, 3.63) is 39.5 Å². The van der Waals surface area contributed by atoms with Crippen molar-refractivity contribution in [1.29, 1.82) is 0 Å². The Labute approximate surface area is 124 Å². The molecule has 4 nitrogen and oxygen atoms in total. The Balaban J connectivity index is 2.35. The zero-order chi connectivity index (χ0) is 13.8. The second kappa shape index (κ2) is 6.14. The molecule has 0 spiro atoms. The Kier molecular flexibility index (Phi) is 4.52. The van der Waals surface area contributed by atoms with Crippen LogP contribution in [0, 0.1) is 9.39 Å². The Morgan fingerprint density at radius 2 is 2.16 bits per heavy atom. The molecular formula is C13H14FIN4. The number of rotatable bonds is 4. The van der Waals surface area contributed by atoms with Gasteiger partial charge in [-0.25, -0.2) is 14.4 Å². The lowest BCUT2D eigenvalue weighted by Crippen LogP contribution is -2.06. The van der Waals surface area contributed by atoms with Gasteiger partial charge < -0.3 is 11.1 Å². The molecule has 1 heterocycles. The van der Waals surface area contributed by atoms with Crippen molar-refractivity contribution < 1.29 is 4.39 Å². The highest BCUT2D eigenvalue weighted by molar-refractivity contribution is 14.1. The third-order valence-corrected chi connectivity index (χ3v) is 3.56. The van der Waals surface area contributed by atoms with E-state index in [2.05, 4.69) is 44.8 Å². The van der Waals surface area contributed by atoms with Crippen molar-refractivity contribution in [2.75, 3.05) is 11.1 Å². The van der Waals surface area contributed by atoms with Gasteiger partial charge in [0.25, 0.3) is 0 Å². The topological polar surface area (TPSA) is 63.8 Å². The van der Waals surface area contributed by atoms with Gasteiger partial charge in [-0.1, -0.05) is 13.3 Å². The minimum absolute atomic E-state index is 0.258. The molecule has 0 amide bonds. The van der Waals surface area contributed by atoms with E-state index >= 15 is 0 Å². The number of halogens is 2. The van der Waals surface area contributed by atoms with Crippen LogP contribution in [0.3, 0.4) is 0 Å². The largest absolute Gasteiger partial charge is 0.383 e. The summed E-state index contributed by atoms with van der Waals surface area (Å²) in [6.45, 7) is 2.07. The summed E-state index contributed by atoms with van der Waals surface area (Å²) in [5, 5.41) is 3.19. The van der Waals surface area contributed by atoms with E-state index in [1.165, 1.54) is 18.5 Å². The van der Waals surface area contributed by atoms with Crippen LogP contribution in [0.15, 0.2) is 24.5 Å². The van der Waals surface area contributed by atoms with Crippen LogP contribution in [0.5, 0.6) is 0 Å². The molecule has 3 N–H and O–H groups in total. The highest BCUT2D eigenvalue weighted by Crippen LogP contribution is 2.26. The number of anilines is 3. The Morgan fingerprint density at radius 1 is 1.37 bits per heavy atom. The zero-order valence-corrected chi connectivity index (χ0v) is 12.6. The number of nitrogen functional groups attached to an aromatic ring is 1. The molecule has 19 heavy (non-hydrogen) atoms. The zero-order valence-electron chi connectivity index (χ0n) is 10.5. The number of hydrogen-bond donors (Lipinski definition) is 2. The average Bonchev–Trinajstić information content (AvgIpc) is 2.37. The third-order valence-electron chi connectivity index (χ3n) is 2.66. The van der Waals surface area contributed by atoms with E-state index < -0.39 is 0 Å². The molecule has 1 aromatic carbocycles. The van der Waals surface area contributed by atoms with Gasteiger partial charge in [0.05, 0.1) is 5.69 Å². The summed E-state index contributed by atoms with van der Waals surface area (Å²) in [5.41, 5.74) is 7.57. The highest BCUT2D eigenvalue weighted by Gasteiger charge is 2.10. The summed E-state index contributed by atoms with van der Waals surface area (Å²) in [6.07, 6.45) is 3.17. The standard InChI is InChI=1S/C13H14FIN4/c1-2-3-9-12(16)17-7-18-13(9)19-11-5-4-8(14)6-10(11)15/h4-7H,2-3H2,1H3,(H3,16,17,18,19). The molecule has 0 aliphatic heterocycles. The van der Waals surface area contributed by atoms with Gasteiger partial charge in [0, 0.05) is 9.13 Å². The molecule has 2 rings (SSSR count). The molecule has 1 aromatic heterocycles. The molecular weight excluding hydrogens is 358 g/mol. The summed E-state index contributed by atoms with van der Waals surface area (Å²) in [4.78, 5) is 8.22. The van der Waals surface area contributed by atoms with Crippen molar-refractivity contribution in [3.63, 3.8) is 0 Å². The van der Waals surface area contributed by atoms with Gasteiger partial charge in [-0.15, -0.1) is 0 Å². The lowest BCUT2D eigenvalue weighted by Gasteiger charge is -2.13. The summed E-state index contributed by atoms with van der Waals surface area (Å²) >= 11 is 2.08. The van der Waals surface area contributed by atoms with Crippen LogP contribution in [0.25, 0.3) is 0 Å². The molecule has 0 saturated carbocycles. The van der Waals surface area contributed by atoms with E-state index in [0.717, 1.165) is 27.7 Å². The first kappa shape index (κ1) is 14.0. The minimum atomic E-state index is -0.258. The molecule has 0 aliphatic carbocycles. The molecule has 2 aromatic rings. The van der Waals surface area contributed by atoms with Crippen LogP contribution >= 0.6 is 22.6 Å². The van der Waals surface area contributed by atoms with Crippen LogP contribution in [0.4, 0.5) is 21.7 Å². The smallest absolute Gasteiger partial charge is 0.139 e. The number of nitrogens with zero attached hydrogens (tertiary/aromatic N) is 2. The maximum Gasteiger partial charge on any atom is 0.139 e. The van der Waals surface area contributed by atoms with E-state index in [0.29, 0.717) is 11.6 Å². The van der Waals surface area contributed by atoms with E-state index in [4.69, 9.17) is 5.73 Å². The van der Waals surface area contributed by atoms with Crippen LogP contribution in [0.1, 0.15) is 18.9 Å². The molecule has 100 valence electrons. The first-order chi connectivity index (χ1) is 9.11. The maximum atomic E-state index is 13.1. The average molecular weight is 372 g/mol. The molecule has 0 radical (unpaired) electrons. The van der Waals surface area contributed by atoms with E-state index in [1.807, 2.05) is 0 Å². The van der Waals surface area contributed by atoms with Gasteiger partial charge in [0.1, 0.15) is 23.8 Å². The molecule has 6 heteroatoms. The normalized spacial score (nSPS) is 10.5. The fourth-order valence-corrected chi connectivity index (χ4v) is 2.36. The maximum absolute atomic E-state index is 13.1. The van der Waals surface area contributed by atoms with Crippen LogP contribution in [0.2, 0.25) is 0 Å². The number of nitrogens with two attached hydrogens (primary N) is 1. The first-order valence-corrected chi connectivity index (χ1v) is 7.01. The predicted molar refractivity (Wildman–Crippen MR) is 82.8 cm³/mol. The van der Waals surface area contributed by atoms with E-state index in [1.54, 1.807) is 6.07 Å². The number of aromatic nitrogens is 2. The monoisotopic (exact) mass is 372 g/mol. The minimum Gasteiger partial charge on any atom is -0.383 e. The molecule has 0 saturated heterocycles. The number of nitrogens with one attached hydrogen (secondary N) is 1. The van der Waals surface area contributed by atoms with E-state index in [9.17, 15) is 4.39 Å². The van der Waals surface area contributed by atoms with Gasteiger partial charge in [0.15, 0.2) is 0 Å². The van der Waals surface area contributed by atoms with Crippen molar-refractivity contribution in [1.82, 2.24) is 9.97 Å². The van der Waals surface area contributed by atoms with Gasteiger partial charge in [-0.3, -0.25) is 0 Å². The van der Waals surface area contributed by atoms with Gasteiger partial charge in [-0.05, 0) is 47.2 Å². The second-order valence-corrected chi connectivity index (χ2v) is 5.25. The SMILES string of the molecule is CCCc1c(N)ncnc1Nc1ccc(F)cc1I. The number of hydrogen-bond acceptors (Lipinski definition) is 4. The lowest BCUT2D eigenvalue weighted by molar-refractivity contribution is 0.627. The van der Waals surface area contributed by atoms with Crippen molar-refractivity contribution >= 4 is 39.9 Å². The Morgan fingerprint density at radius 3 is 2.84 bits per heavy atom. The molecule has 0 aliphatic rings. The predicted octanol–water partition coefficient (Wildman–Crippen LogP) is 3.50. The summed E-state index contributed by atoms with van der Waals surface area (Å²) in [7, 11) is 0. The van der Waals surface area contributed by atoms with Gasteiger partial charge >= 0.3 is 0 Å². The highest BCUT2D eigenvalue weighted by atomic mass is 127. The van der Waals surface area contributed by atoms with Crippen molar-refractivity contribution in [2.45, 2.75) is 19.8 Å². The molecule has 0 unspecified atom stereocenters. The molecule has 0 fully saturated rings. The van der Waals surface area contributed by atoms with Crippen LogP contribution in [-0.4, -0.2) is 9.97 Å². The summed E-state index contributed by atoms with van der Waals surface area (Å²) in [6, 6.07) is 4.56. The van der Waals surface area contributed by atoms with Crippen LogP contribution < -0.4 is 11.1 Å². The van der Waals surface area contributed by atoms with Gasteiger partial charge in [-0.2, -0.15) is 0 Å². The Bertz CT molecular complexity index is 589. The molecule has 0 atom stereocenters. The van der Waals surface area contributed by atoms with E-state index in [-0.39, 0.29) is 5.82 Å². The lowest BCUT2D eigenvalue weighted by atomic mass is 10.1. The first-order valence-electron chi connectivity index (χ1n) is 5.93. The fraction of sp³-hybridized carbons (Fsp3) is 0.231. The van der Waals surface area contributed by atoms with Gasteiger partial charge in [0.2, 0.25) is 0 Å². The van der Waals surface area contributed by atoms with Crippen LogP contribution in [-0.2, 0) is 6.42 Å². The quantitative estimate of drug-likeness (QED) is 0.807. The fourth-order valence-electron chi connectivity index (χ4n) is 1.75. The number of benzene rings is 1. The van der Waals surface area contributed by atoms with Crippen molar-refractivity contribution in [3.8, 4) is 0 Å².